The van der Waals surface area contributed by atoms with Crippen molar-refractivity contribution in [1.29, 1.82) is 5.26 Å². The first kappa shape index (κ1) is 13.3. The molecule has 21 heavy (non-hydrogen) atoms. The van der Waals surface area contributed by atoms with Gasteiger partial charge in [-0.2, -0.15) is 5.26 Å². The van der Waals surface area contributed by atoms with E-state index in [1.807, 2.05) is 43.6 Å². The summed E-state index contributed by atoms with van der Waals surface area (Å²) < 4.78 is 0. The van der Waals surface area contributed by atoms with Crippen LogP contribution in [0.25, 0.3) is 11.1 Å². The fraction of sp³-hybridized carbons (Fsp3) is 0.167. The molecule has 0 radical (unpaired) electrons. The number of nitrogens with zero attached hydrogens (tertiary/aromatic N) is 3. The fourth-order valence-electron chi connectivity index (χ4n) is 2.71. The first-order valence-electron chi connectivity index (χ1n) is 7.00. The van der Waals surface area contributed by atoms with E-state index in [9.17, 15) is 5.26 Å². The molecule has 0 saturated heterocycles. The molecule has 0 N–H and O–H groups in total. The number of hydrogen-bond donors (Lipinski definition) is 0. The van der Waals surface area contributed by atoms with Gasteiger partial charge in [-0.15, -0.1) is 0 Å². The zero-order valence-electron chi connectivity index (χ0n) is 12.2. The third kappa shape index (κ3) is 2.25. The number of rotatable bonds is 2. The van der Waals surface area contributed by atoms with E-state index in [2.05, 4.69) is 47.1 Å². The van der Waals surface area contributed by atoms with Crippen molar-refractivity contribution in [2.45, 2.75) is 13.1 Å². The van der Waals surface area contributed by atoms with E-state index in [1.54, 1.807) is 0 Å². The molecule has 0 amide bonds. The molecule has 0 aliphatic carbocycles. The van der Waals surface area contributed by atoms with Crippen LogP contribution in [0.5, 0.6) is 0 Å². The number of para-hydroxylation sites is 1. The van der Waals surface area contributed by atoms with Crippen molar-refractivity contribution in [3.8, 4) is 17.2 Å². The summed E-state index contributed by atoms with van der Waals surface area (Å²) in [5.41, 5.74) is 4.04. The number of nitriles is 1. The minimum Gasteiger partial charge on any atom is -0.358 e. The van der Waals surface area contributed by atoms with Gasteiger partial charge in [0.05, 0.1) is 5.69 Å². The second-order valence-corrected chi connectivity index (χ2v) is 5.18. The molecule has 1 aliphatic heterocycles. The average Bonchev–Trinajstić information content (AvgIpc) is 2.83. The third-order valence-corrected chi connectivity index (χ3v) is 3.91. The van der Waals surface area contributed by atoms with Gasteiger partial charge in [0, 0.05) is 18.8 Å². The number of anilines is 1. The predicted octanol–water partition coefficient (Wildman–Crippen LogP) is 3.82. The van der Waals surface area contributed by atoms with E-state index in [-0.39, 0.29) is 6.17 Å². The lowest BCUT2D eigenvalue weighted by Gasteiger charge is -2.29. The minimum atomic E-state index is 0.129. The first-order chi connectivity index (χ1) is 10.2. The van der Waals surface area contributed by atoms with Gasteiger partial charge >= 0.3 is 0 Å². The van der Waals surface area contributed by atoms with Crippen LogP contribution in [0, 0.1) is 11.3 Å². The predicted molar refractivity (Wildman–Crippen MR) is 85.3 cm³/mol. The van der Waals surface area contributed by atoms with E-state index in [0.717, 1.165) is 16.8 Å². The lowest BCUT2D eigenvalue weighted by atomic mass is 10.0. The molecule has 3 heteroatoms. The molecular weight excluding hydrogens is 258 g/mol. The Morgan fingerprint density at radius 3 is 2.38 bits per heavy atom. The molecule has 2 aromatic rings. The smallest absolute Gasteiger partial charge is 0.138 e. The Morgan fingerprint density at radius 2 is 1.67 bits per heavy atom. The minimum absolute atomic E-state index is 0.129. The number of allylic oxidation sites excluding steroid dienone is 1. The van der Waals surface area contributed by atoms with E-state index < -0.39 is 0 Å². The van der Waals surface area contributed by atoms with Crippen LogP contribution in [0.4, 0.5) is 5.69 Å². The molecule has 1 heterocycles. The molecule has 0 saturated carbocycles. The molecule has 1 aliphatic rings. The SMILES string of the molecule is C[C@H]1N(C)C=C(C#N)N1c1ccccc1-c1ccccc1. The van der Waals surface area contributed by atoms with E-state index in [0.29, 0.717) is 5.70 Å². The van der Waals surface area contributed by atoms with Crippen LogP contribution in [0.15, 0.2) is 66.5 Å². The number of hydrogen-bond acceptors (Lipinski definition) is 3. The summed E-state index contributed by atoms with van der Waals surface area (Å²) >= 11 is 0. The molecule has 0 unspecified atom stereocenters. The molecular formula is C18H17N3. The van der Waals surface area contributed by atoms with Gasteiger partial charge in [0.1, 0.15) is 17.9 Å². The maximum absolute atomic E-state index is 9.41. The molecule has 0 bridgehead atoms. The molecule has 0 spiro atoms. The maximum atomic E-state index is 9.41. The van der Waals surface area contributed by atoms with Crippen LogP contribution in [0.1, 0.15) is 6.92 Å². The van der Waals surface area contributed by atoms with Crippen molar-refractivity contribution in [2.24, 2.45) is 0 Å². The lowest BCUT2D eigenvalue weighted by molar-refractivity contribution is 0.383. The largest absolute Gasteiger partial charge is 0.358 e. The highest BCUT2D eigenvalue weighted by molar-refractivity contribution is 5.81. The Balaban J connectivity index is 2.13. The summed E-state index contributed by atoms with van der Waals surface area (Å²) in [6, 6.07) is 20.8. The topological polar surface area (TPSA) is 30.3 Å². The quantitative estimate of drug-likeness (QED) is 0.834. The van der Waals surface area contributed by atoms with Crippen molar-refractivity contribution in [1.82, 2.24) is 4.90 Å². The Kier molecular flexibility index (Phi) is 3.37. The molecule has 3 rings (SSSR count). The maximum Gasteiger partial charge on any atom is 0.138 e. The van der Waals surface area contributed by atoms with Crippen molar-refractivity contribution in [3.05, 3.63) is 66.5 Å². The Labute approximate surface area is 125 Å². The highest BCUT2D eigenvalue weighted by Crippen LogP contribution is 2.36. The molecule has 3 nitrogen and oxygen atoms in total. The molecule has 0 fully saturated rings. The van der Waals surface area contributed by atoms with E-state index in [1.165, 1.54) is 0 Å². The van der Waals surface area contributed by atoms with Gasteiger partial charge < -0.3 is 9.80 Å². The van der Waals surface area contributed by atoms with Gasteiger partial charge in [-0.3, -0.25) is 0 Å². The summed E-state index contributed by atoms with van der Waals surface area (Å²) in [7, 11) is 1.99. The molecule has 2 aromatic carbocycles. The first-order valence-corrected chi connectivity index (χ1v) is 7.00. The average molecular weight is 275 g/mol. The van der Waals surface area contributed by atoms with Gasteiger partial charge in [-0.25, -0.2) is 0 Å². The highest BCUT2D eigenvalue weighted by atomic mass is 15.4. The van der Waals surface area contributed by atoms with Crippen LogP contribution in [0.2, 0.25) is 0 Å². The molecule has 1 atom stereocenters. The zero-order chi connectivity index (χ0) is 14.8. The second kappa shape index (κ2) is 5.34. The van der Waals surface area contributed by atoms with Crippen molar-refractivity contribution in [2.75, 3.05) is 11.9 Å². The fourth-order valence-corrected chi connectivity index (χ4v) is 2.71. The summed E-state index contributed by atoms with van der Waals surface area (Å²) in [6.45, 7) is 2.10. The third-order valence-electron chi connectivity index (χ3n) is 3.91. The Morgan fingerprint density at radius 1 is 1.00 bits per heavy atom. The summed E-state index contributed by atoms with van der Waals surface area (Å²) in [5.74, 6) is 0. The molecule has 104 valence electrons. The highest BCUT2D eigenvalue weighted by Gasteiger charge is 2.29. The van der Waals surface area contributed by atoms with Crippen LogP contribution >= 0.6 is 0 Å². The standard InChI is InChI=1S/C18H17N3/c1-14-20(2)13-16(12-19)21(14)18-11-7-6-10-17(18)15-8-4-3-5-9-15/h3-11,13-14H,1-2H3/t14-/m0/s1. The summed E-state index contributed by atoms with van der Waals surface area (Å²) in [4.78, 5) is 4.14. The van der Waals surface area contributed by atoms with E-state index in [4.69, 9.17) is 0 Å². The number of benzene rings is 2. The van der Waals surface area contributed by atoms with Gasteiger partial charge in [-0.1, -0.05) is 48.5 Å². The van der Waals surface area contributed by atoms with Crippen molar-refractivity contribution < 1.29 is 0 Å². The van der Waals surface area contributed by atoms with Gasteiger partial charge in [0.15, 0.2) is 0 Å². The Hall–Kier alpha value is -2.73. The summed E-state index contributed by atoms with van der Waals surface area (Å²) in [5, 5.41) is 9.41. The normalized spacial score (nSPS) is 17.6. The van der Waals surface area contributed by atoms with Crippen LogP contribution in [-0.2, 0) is 0 Å². The van der Waals surface area contributed by atoms with Crippen LogP contribution in [0.3, 0.4) is 0 Å². The van der Waals surface area contributed by atoms with Crippen LogP contribution in [-0.4, -0.2) is 18.1 Å². The zero-order valence-corrected chi connectivity index (χ0v) is 12.2. The van der Waals surface area contributed by atoms with Crippen molar-refractivity contribution in [3.63, 3.8) is 0 Å². The molecule has 0 aromatic heterocycles. The van der Waals surface area contributed by atoms with Gasteiger partial charge in [0.2, 0.25) is 0 Å². The Bertz CT molecular complexity index is 713. The monoisotopic (exact) mass is 275 g/mol. The van der Waals surface area contributed by atoms with E-state index >= 15 is 0 Å². The van der Waals surface area contributed by atoms with Gasteiger partial charge in [-0.05, 0) is 18.6 Å². The second-order valence-electron chi connectivity index (χ2n) is 5.18. The van der Waals surface area contributed by atoms with Gasteiger partial charge in [0.25, 0.3) is 0 Å². The van der Waals surface area contributed by atoms with Crippen LogP contribution < -0.4 is 4.90 Å². The van der Waals surface area contributed by atoms with Crippen molar-refractivity contribution >= 4 is 5.69 Å². The summed E-state index contributed by atoms with van der Waals surface area (Å²) in [6.07, 6.45) is 2.02. The lowest BCUT2D eigenvalue weighted by Crippen LogP contribution is -2.35.